The molecular formula is C21H18ClN3OS. The van der Waals surface area contributed by atoms with Crippen LogP contribution in [0.15, 0.2) is 48.5 Å². The number of hydrogen-bond donors (Lipinski definition) is 1. The van der Waals surface area contributed by atoms with Crippen molar-refractivity contribution in [1.29, 1.82) is 0 Å². The number of halogens is 1. The quantitative estimate of drug-likeness (QED) is 0.490. The molecule has 2 aromatic heterocycles. The van der Waals surface area contributed by atoms with Gasteiger partial charge in [0.15, 0.2) is 0 Å². The summed E-state index contributed by atoms with van der Waals surface area (Å²) in [5.41, 5.74) is 2.08. The second kappa shape index (κ2) is 6.66. The van der Waals surface area contributed by atoms with Crippen molar-refractivity contribution in [2.45, 2.75) is 18.8 Å². The molecule has 4 aromatic rings. The van der Waals surface area contributed by atoms with Crippen LogP contribution in [-0.2, 0) is 0 Å². The maximum absolute atomic E-state index is 13.0. The minimum atomic E-state index is 0.0456. The van der Waals surface area contributed by atoms with Crippen molar-refractivity contribution in [3.05, 3.63) is 64.3 Å². The van der Waals surface area contributed by atoms with Crippen molar-refractivity contribution < 1.29 is 4.79 Å². The lowest BCUT2D eigenvalue weighted by atomic mass is 9.96. The van der Waals surface area contributed by atoms with E-state index < -0.39 is 0 Å². The molecule has 0 spiro atoms. The molecule has 5 rings (SSSR count). The topological polar surface area (TPSA) is 49.0 Å². The molecule has 1 saturated heterocycles. The largest absolute Gasteiger partial charge is 0.342 e. The molecule has 0 unspecified atom stereocenters. The fourth-order valence-corrected chi connectivity index (χ4v) is 5.30. The van der Waals surface area contributed by atoms with Crippen LogP contribution < -0.4 is 0 Å². The Hall–Kier alpha value is -2.37. The molecule has 0 saturated carbocycles. The first-order chi connectivity index (χ1) is 13.2. The lowest BCUT2D eigenvalue weighted by molar-refractivity contribution is 0.0716. The number of H-pyrrole nitrogens is 1. The van der Waals surface area contributed by atoms with Gasteiger partial charge in [-0.15, -0.1) is 11.3 Å². The maximum Gasteiger partial charge on any atom is 0.265 e. The first-order valence-electron chi connectivity index (χ1n) is 9.11. The van der Waals surface area contributed by atoms with Crippen molar-refractivity contribution in [3.63, 3.8) is 0 Å². The van der Waals surface area contributed by atoms with Crippen LogP contribution in [0.3, 0.4) is 0 Å². The first-order valence-corrected chi connectivity index (χ1v) is 10.3. The molecule has 1 fully saturated rings. The Balaban J connectivity index is 1.33. The molecule has 27 heavy (non-hydrogen) atoms. The van der Waals surface area contributed by atoms with E-state index in [1.54, 1.807) is 0 Å². The van der Waals surface area contributed by atoms with Gasteiger partial charge in [-0.25, -0.2) is 4.98 Å². The van der Waals surface area contributed by atoms with E-state index in [0.717, 1.165) is 52.9 Å². The molecule has 0 aliphatic carbocycles. The predicted octanol–water partition coefficient (Wildman–Crippen LogP) is 5.45. The highest BCUT2D eigenvalue weighted by Gasteiger charge is 2.28. The smallest absolute Gasteiger partial charge is 0.265 e. The number of carbonyl (C=O) groups is 1. The Morgan fingerprint density at radius 3 is 2.63 bits per heavy atom. The molecule has 1 amide bonds. The summed E-state index contributed by atoms with van der Waals surface area (Å²) >= 11 is 7.97. The molecule has 2 aromatic carbocycles. The number of aromatic nitrogens is 2. The number of piperidine rings is 1. The fourth-order valence-electron chi connectivity index (χ4n) is 3.82. The highest BCUT2D eigenvalue weighted by Crippen LogP contribution is 2.37. The molecule has 0 radical (unpaired) electrons. The monoisotopic (exact) mass is 395 g/mol. The van der Waals surface area contributed by atoms with E-state index in [2.05, 4.69) is 4.98 Å². The van der Waals surface area contributed by atoms with Gasteiger partial charge in [-0.3, -0.25) is 4.79 Å². The number of nitrogens with one attached hydrogen (secondary N) is 1. The Labute approximate surface area is 165 Å². The number of nitrogens with zero attached hydrogens (tertiary/aromatic N) is 2. The number of benzene rings is 2. The summed E-state index contributed by atoms with van der Waals surface area (Å²) in [6.07, 6.45) is 1.82. The molecule has 1 aliphatic rings. The first kappa shape index (κ1) is 16.8. The number of aromatic amines is 1. The maximum atomic E-state index is 13.0. The minimum absolute atomic E-state index is 0.0456. The Morgan fingerprint density at radius 2 is 1.85 bits per heavy atom. The van der Waals surface area contributed by atoms with Crippen molar-refractivity contribution in [3.8, 4) is 0 Å². The highest BCUT2D eigenvalue weighted by molar-refractivity contribution is 7.21. The Kier molecular flexibility index (Phi) is 4.14. The number of fused-ring (bicyclic) bond motifs is 2. The summed E-state index contributed by atoms with van der Waals surface area (Å²) in [5, 5.41) is 1.55. The number of thiophene rings is 1. The standard InChI is InChI=1S/C21H18ClN3OS/c22-18-14-5-1-4-8-17(14)27-19(18)21(26)25-11-9-13(10-12-25)20-23-15-6-2-3-7-16(15)24-20/h1-8,13H,9-12H2,(H,23,24). The zero-order chi connectivity index (χ0) is 18.4. The van der Waals surface area contributed by atoms with E-state index in [4.69, 9.17) is 16.6 Å². The number of amides is 1. The van der Waals surface area contributed by atoms with Gasteiger partial charge in [0, 0.05) is 29.1 Å². The minimum Gasteiger partial charge on any atom is -0.342 e. The lowest BCUT2D eigenvalue weighted by Crippen LogP contribution is -2.37. The number of imidazole rings is 1. The van der Waals surface area contributed by atoms with E-state index in [1.165, 1.54) is 11.3 Å². The summed E-state index contributed by atoms with van der Waals surface area (Å²) < 4.78 is 1.06. The Bertz CT molecular complexity index is 1110. The average Bonchev–Trinajstić information content (AvgIpc) is 3.29. The van der Waals surface area contributed by atoms with Crippen molar-refractivity contribution >= 4 is 50.0 Å². The van der Waals surface area contributed by atoms with Crippen LogP contribution >= 0.6 is 22.9 Å². The number of para-hydroxylation sites is 2. The second-order valence-electron chi connectivity index (χ2n) is 6.95. The van der Waals surface area contributed by atoms with E-state index in [9.17, 15) is 4.79 Å². The van der Waals surface area contributed by atoms with Crippen LogP contribution in [0.2, 0.25) is 5.02 Å². The van der Waals surface area contributed by atoms with Gasteiger partial charge < -0.3 is 9.88 Å². The van der Waals surface area contributed by atoms with E-state index in [0.29, 0.717) is 15.8 Å². The van der Waals surface area contributed by atoms with Crippen molar-refractivity contribution in [2.75, 3.05) is 13.1 Å². The summed E-state index contributed by atoms with van der Waals surface area (Å²) in [5.74, 6) is 1.44. The number of rotatable bonds is 2. The molecule has 0 atom stereocenters. The van der Waals surface area contributed by atoms with Gasteiger partial charge in [0.25, 0.3) is 5.91 Å². The average molecular weight is 396 g/mol. The van der Waals surface area contributed by atoms with Gasteiger partial charge in [-0.2, -0.15) is 0 Å². The molecule has 3 heterocycles. The summed E-state index contributed by atoms with van der Waals surface area (Å²) in [6.45, 7) is 1.45. The number of hydrogen-bond acceptors (Lipinski definition) is 3. The lowest BCUT2D eigenvalue weighted by Gasteiger charge is -2.31. The molecule has 1 N–H and O–H groups in total. The molecule has 1 aliphatic heterocycles. The summed E-state index contributed by atoms with van der Waals surface area (Å²) in [4.78, 5) is 23.7. The number of carbonyl (C=O) groups excluding carboxylic acids is 1. The van der Waals surface area contributed by atoms with E-state index >= 15 is 0 Å². The van der Waals surface area contributed by atoms with Gasteiger partial charge >= 0.3 is 0 Å². The Morgan fingerprint density at radius 1 is 1.11 bits per heavy atom. The molecule has 136 valence electrons. The van der Waals surface area contributed by atoms with E-state index in [1.807, 2.05) is 53.4 Å². The summed E-state index contributed by atoms with van der Waals surface area (Å²) in [6, 6.07) is 16.0. The number of likely N-dealkylation sites (tertiary alicyclic amines) is 1. The second-order valence-corrected chi connectivity index (χ2v) is 8.38. The molecule has 0 bridgehead atoms. The summed E-state index contributed by atoms with van der Waals surface area (Å²) in [7, 11) is 0. The highest BCUT2D eigenvalue weighted by atomic mass is 35.5. The van der Waals surface area contributed by atoms with Crippen molar-refractivity contribution in [1.82, 2.24) is 14.9 Å². The molecule has 6 heteroatoms. The third kappa shape index (κ3) is 2.91. The van der Waals surface area contributed by atoms with Crippen LogP contribution in [0.25, 0.3) is 21.1 Å². The van der Waals surface area contributed by atoms with Gasteiger partial charge in [0.05, 0.1) is 16.1 Å². The molecule has 4 nitrogen and oxygen atoms in total. The SMILES string of the molecule is O=C(c1sc2ccccc2c1Cl)N1CCC(c2nc3ccccc3[nH]2)CC1. The third-order valence-corrected chi connectivity index (χ3v) is 6.97. The molecular weight excluding hydrogens is 378 g/mol. The third-order valence-electron chi connectivity index (χ3n) is 5.31. The fraction of sp³-hybridized carbons (Fsp3) is 0.238. The van der Waals surface area contributed by atoms with Crippen LogP contribution in [0.1, 0.15) is 34.3 Å². The van der Waals surface area contributed by atoms with Crippen LogP contribution in [0.5, 0.6) is 0 Å². The van der Waals surface area contributed by atoms with Crippen LogP contribution in [0, 0.1) is 0 Å². The van der Waals surface area contributed by atoms with Crippen molar-refractivity contribution in [2.24, 2.45) is 0 Å². The zero-order valence-corrected chi connectivity index (χ0v) is 16.2. The zero-order valence-electron chi connectivity index (χ0n) is 14.6. The normalized spacial score (nSPS) is 15.7. The van der Waals surface area contributed by atoms with Gasteiger partial charge in [0.2, 0.25) is 0 Å². The predicted molar refractivity (Wildman–Crippen MR) is 111 cm³/mol. The van der Waals surface area contributed by atoms with Crippen LogP contribution in [-0.4, -0.2) is 33.9 Å². The van der Waals surface area contributed by atoms with Gasteiger partial charge in [0.1, 0.15) is 10.7 Å². The van der Waals surface area contributed by atoms with Gasteiger partial charge in [-0.1, -0.05) is 41.9 Å². The van der Waals surface area contributed by atoms with E-state index in [-0.39, 0.29) is 5.91 Å². The van der Waals surface area contributed by atoms with Gasteiger partial charge in [-0.05, 0) is 31.0 Å². The van der Waals surface area contributed by atoms with Crippen LogP contribution in [0.4, 0.5) is 0 Å².